The smallest absolute Gasteiger partial charge is 0.258 e. The number of nitrogens with two attached hydrogens (primary N) is 1. The minimum atomic E-state index is -0.394. The number of piperazine rings is 1. The maximum absolute atomic E-state index is 6.27. The van der Waals surface area contributed by atoms with Gasteiger partial charge in [0.15, 0.2) is 5.82 Å². The molecular weight excluding hydrogens is 328 g/mol. The lowest BCUT2D eigenvalue weighted by Gasteiger charge is -2.34. The largest absolute Gasteiger partial charge is 0.354 e. The Balaban J connectivity index is 0.00000169. The van der Waals surface area contributed by atoms with Crippen LogP contribution in [-0.2, 0) is 5.54 Å². The lowest BCUT2D eigenvalue weighted by atomic mass is 9.77. The second kappa shape index (κ2) is 6.66. The van der Waals surface area contributed by atoms with Crippen molar-refractivity contribution in [2.24, 2.45) is 5.73 Å². The summed E-state index contributed by atoms with van der Waals surface area (Å²) in [6, 6.07) is 3.92. The molecule has 8 heteroatoms. The standard InChI is InChI=1S/C16H22N6O.ClH/c1-21-7-9-22(10-8-21)13-11-12(3-6-18-13)14-19-15(20-23-14)16(17)4-2-5-16;/h3,6,11H,2,4-5,7-10,17H2,1H3;1H. The van der Waals surface area contributed by atoms with Gasteiger partial charge in [0, 0.05) is 37.9 Å². The van der Waals surface area contributed by atoms with Crippen molar-refractivity contribution >= 4 is 18.2 Å². The first-order valence-electron chi connectivity index (χ1n) is 8.17. The van der Waals surface area contributed by atoms with Crippen LogP contribution in [0.4, 0.5) is 5.82 Å². The van der Waals surface area contributed by atoms with Gasteiger partial charge in [-0.1, -0.05) is 5.16 Å². The van der Waals surface area contributed by atoms with Gasteiger partial charge in [0.25, 0.3) is 5.89 Å². The van der Waals surface area contributed by atoms with Crippen molar-refractivity contribution in [3.8, 4) is 11.5 Å². The van der Waals surface area contributed by atoms with Gasteiger partial charge in [-0.3, -0.25) is 0 Å². The summed E-state index contributed by atoms with van der Waals surface area (Å²) >= 11 is 0. The highest BCUT2D eigenvalue weighted by molar-refractivity contribution is 5.85. The number of halogens is 1. The van der Waals surface area contributed by atoms with Crippen molar-refractivity contribution in [2.45, 2.75) is 24.8 Å². The van der Waals surface area contributed by atoms with Crippen molar-refractivity contribution < 1.29 is 4.52 Å². The molecule has 0 atom stereocenters. The SMILES string of the molecule is CN1CCN(c2cc(-c3nc(C4(N)CCC4)no3)ccn2)CC1.Cl. The molecule has 7 nitrogen and oxygen atoms in total. The third-order valence-corrected chi connectivity index (χ3v) is 4.94. The Bertz CT molecular complexity index is 693. The highest BCUT2D eigenvalue weighted by atomic mass is 35.5. The van der Waals surface area contributed by atoms with Crippen LogP contribution >= 0.6 is 12.4 Å². The third kappa shape index (κ3) is 3.11. The van der Waals surface area contributed by atoms with Gasteiger partial charge in [-0.05, 0) is 38.4 Å². The Morgan fingerprint density at radius 1 is 1.21 bits per heavy atom. The molecule has 0 spiro atoms. The first-order chi connectivity index (χ1) is 11.1. The number of pyridine rings is 1. The molecule has 2 fully saturated rings. The lowest BCUT2D eigenvalue weighted by molar-refractivity contribution is 0.229. The zero-order chi connectivity index (χ0) is 15.9. The lowest BCUT2D eigenvalue weighted by Crippen LogP contribution is -2.44. The van der Waals surface area contributed by atoms with Gasteiger partial charge >= 0.3 is 0 Å². The van der Waals surface area contributed by atoms with E-state index < -0.39 is 5.54 Å². The minimum Gasteiger partial charge on any atom is -0.354 e. The topological polar surface area (TPSA) is 84.3 Å². The van der Waals surface area contributed by atoms with Crippen LogP contribution in [0.5, 0.6) is 0 Å². The quantitative estimate of drug-likeness (QED) is 0.900. The molecule has 0 unspecified atom stereocenters. The zero-order valence-electron chi connectivity index (χ0n) is 13.8. The number of hydrogen-bond acceptors (Lipinski definition) is 7. The fourth-order valence-electron chi connectivity index (χ4n) is 3.08. The molecule has 4 rings (SSSR count). The van der Waals surface area contributed by atoms with E-state index in [0.717, 1.165) is 56.8 Å². The maximum atomic E-state index is 6.27. The predicted octanol–water partition coefficient (Wildman–Crippen LogP) is 1.64. The normalized spacial score (nSPS) is 20.3. The summed E-state index contributed by atoms with van der Waals surface area (Å²) in [6.07, 6.45) is 4.78. The summed E-state index contributed by atoms with van der Waals surface area (Å²) < 4.78 is 5.44. The van der Waals surface area contributed by atoms with Crippen LogP contribution in [-0.4, -0.2) is 53.3 Å². The van der Waals surface area contributed by atoms with Gasteiger partial charge in [-0.2, -0.15) is 4.98 Å². The minimum absolute atomic E-state index is 0. The van der Waals surface area contributed by atoms with E-state index in [9.17, 15) is 0 Å². The summed E-state index contributed by atoms with van der Waals surface area (Å²) in [5.74, 6) is 2.10. The fourth-order valence-corrected chi connectivity index (χ4v) is 3.08. The summed E-state index contributed by atoms with van der Waals surface area (Å²) in [6.45, 7) is 4.06. The van der Waals surface area contributed by atoms with E-state index in [1.54, 1.807) is 6.20 Å². The third-order valence-electron chi connectivity index (χ3n) is 4.94. The first kappa shape index (κ1) is 17.1. The van der Waals surface area contributed by atoms with Gasteiger partial charge in [0.2, 0.25) is 0 Å². The van der Waals surface area contributed by atoms with Crippen molar-refractivity contribution in [1.29, 1.82) is 0 Å². The Kier molecular flexibility index (Phi) is 4.76. The van der Waals surface area contributed by atoms with Crippen molar-refractivity contribution in [2.75, 3.05) is 38.1 Å². The van der Waals surface area contributed by atoms with Gasteiger partial charge < -0.3 is 20.1 Å². The number of anilines is 1. The molecule has 0 amide bonds. The highest BCUT2D eigenvalue weighted by Gasteiger charge is 2.39. The van der Waals surface area contributed by atoms with Gasteiger partial charge in [0.1, 0.15) is 5.82 Å². The van der Waals surface area contributed by atoms with Crippen LogP contribution in [0.3, 0.4) is 0 Å². The molecule has 0 aromatic carbocycles. The van der Waals surface area contributed by atoms with Crippen LogP contribution in [0, 0.1) is 0 Å². The molecule has 24 heavy (non-hydrogen) atoms. The summed E-state index contributed by atoms with van der Waals surface area (Å²) in [7, 11) is 2.14. The van der Waals surface area contributed by atoms with Gasteiger partial charge in [-0.15, -0.1) is 12.4 Å². The number of likely N-dealkylation sites (N-methyl/N-ethyl adjacent to an activating group) is 1. The molecule has 1 saturated carbocycles. The summed E-state index contributed by atoms with van der Waals surface area (Å²) in [5, 5.41) is 4.09. The van der Waals surface area contributed by atoms with E-state index in [2.05, 4.69) is 32.0 Å². The van der Waals surface area contributed by atoms with Crippen molar-refractivity contribution in [3.63, 3.8) is 0 Å². The Hall–Kier alpha value is -1.70. The molecule has 2 aliphatic rings. The molecule has 0 radical (unpaired) electrons. The molecule has 3 heterocycles. The van der Waals surface area contributed by atoms with Crippen molar-refractivity contribution in [3.05, 3.63) is 24.2 Å². The molecule has 1 aliphatic heterocycles. The monoisotopic (exact) mass is 350 g/mol. The van der Waals surface area contributed by atoms with Crippen LogP contribution in [0.25, 0.3) is 11.5 Å². The number of nitrogens with zero attached hydrogens (tertiary/aromatic N) is 5. The molecular formula is C16H23ClN6O. The summed E-state index contributed by atoms with van der Waals surface area (Å²) in [5.41, 5.74) is 6.77. The van der Waals surface area contributed by atoms with Gasteiger partial charge in [0.05, 0.1) is 5.54 Å². The fraction of sp³-hybridized carbons (Fsp3) is 0.562. The van der Waals surface area contributed by atoms with E-state index in [-0.39, 0.29) is 12.4 Å². The van der Waals surface area contributed by atoms with E-state index in [4.69, 9.17) is 10.3 Å². The van der Waals surface area contributed by atoms with Crippen molar-refractivity contribution in [1.82, 2.24) is 20.0 Å². The van der Waals surface area contributed by atoms with E-state index in [1.807, 2.05) is 12.1 Å². The zero-order valence-corrected chi connectivity index (χ0v) is 14.6. The maximum Gasteiger partial charge on any atom is 0.258 e. The van der Waals surface area contributed by atoms with Crippen LogP contribution in [0.1, 0.15) is 25.1 Å². The van der Waals surface area contributed by atoms with Gasteiger partial charge in [-0.25, -0.2) is 4.98 Å². The Morgan fingerprint density at radius 3 is 2.62 bits per heavy atom. The second-order valence-electron chi connectivity index (χ2n) is 6.63. The number of aromatic nitrogens is 3. The Labute approximate surface area is 147 Å². The van der Waals surface area contributed by atoms with E-state index in [0.29, 0.717) is 11.7 Å². The summed E-state index contributed by atoms with van der Waals surface area (Å²) in [4.78, 5) is 13.6. The molecule has 1 aliphatic carbocycles. The number of hydrogen-bond donors (Lipinski definition) is 1. The average molecular weight is 351 g/mol. The molecule has 0 bridgehead atoms. The first-order valence-corrected chi connectivity index (χ1v) is 8.17. The number of rotatable bonds is 3. The molecule has 2 aromatic rings. The predicted molar refractivity (Wildman–Crippen MR) is 94.2 cm³/mol. The molecule has 130 valence electrons. The van der Waals surface area contributed by atoms with E-state index >= 15 is 0 Å². The second-order valence-corrected chi connectivity index (χ2v) is 6.63. The van der Waals surface area contributed by atoms with E-state index in [1.165, 1.54) is 0 Å². The van der Waals surface area contributed by atoms with Crippen LogP contribution < -0.4 is 10.6 Å². The Morgan fingerprint density at radius 2 is 1.96 bits per heavy atom. The highest BCUT2D eigenvalue weighted by Crippen LogP contribution is 2.37. The van der Waals surface area contributed by atoms with Crippen LogP contribution in [0.15, 0.2) is 22.9 Å². The average Bonchev–Trinajstić information content (AvgIpc) is 3.04. The molecule has 2 aromatic heterocycles. The van der Waals surface area contributed by atoms with Crippen LogP contribution in [0.2, 0.25) is 0 Å². The molecule has 2 N–H and O–H groups in total. The molecule has 1 saturated heterocycles.